The van der Waals surface area contributed by atoms with E-state index >= 15 is 0 Å². The maximum Gasteiger partial charge on any atom is 0.127 e. The molecule has 1 aromatic carbocycles. The van der Waals surface area contributed by atoms with E-state index in [4.69, 9.17) is 10.5 Å². The van der Waals surface area contributed by atoms with Gasteiger partial charge in [-0.2, -0.15) is 0 Å². The van der Waals surface area contributed by atoms with Gasteiger partial charge in [-0.3, -0.25) is 9.97 Å². The smallest absolute Gasteiger partial charge is 0.127 e. The van der Waals surface area contributed by atoms with Crippen molar-refractivity contribution in [1.82, 2.24) is 9.97 Å². The Kier molecular flexibility index (Phi) is 4.19. The summed E-state index contributed by atoms with van der Waals surface area (Å²) in [5, 5.41) is 0. The van der Waals surface area contributed by atoms with Crippen LogP contribution in [0.4, 0.5) is 10.1 Å². The van der Waals surface area contributed by atoms with Gasteiger partial charge >= 0.3 is 0 Å². The van der Waals surface area contributed by atoms with Gasteiger partial charge < -0.3 is 10.5 Å². The normalized spacial score (nSPS) is 10.5. The van der Waals surface area contributed by atoms with Crippen molar-refractivity contribution in [3.05, 3.63) is 72.1 Å². The van der Waals surface area contributed by atoms with Crippen LogP contribution in [0.5, 0.6) is 5.75 Å². The fraction of sp³-hybridized carbons (Fsp3) is 0.111. The van der Waals surface area contributed by atoms with Crippen molar-refractivity contribution in [3.8, 4) is 16.9 Å². The summed E-state index contributed by atoms with van der Waals surface area (Å²) in [6.07, 6.45) is 4.93. The molecule has 0 aliphatic heterocycles. The Labute approximate surface area is 133 Å². The van der Waals surface area contributed by atoms with Crippen LogP contribution in [0.1, 0.15) is 11.3 Å². The quantitative estimate of drug-likeness (QED) is 0.797. The number of hydrogen-bond donors (Lipinski definition) is 1. The minimum absolute atomic E-state index is 0.324. The largest absolute Gasteiger partial charge is 0.489 e. The Balaban J connectivity index is 1.87. The summed E-state index contributed by atoms with van der Waals surface area (Å²) in [6, 6.07) is 9.97. The first-order valence-corrected chi connectivity index (χ1v) is 7.17. The Morgan fingerprint density at radius 2 is 2.04 bits per heavy atom. The van der Waals surface area contributed by atoms with E-state index in [0.29, 0.717) is 29.2 Å². The molecule has 0 aliphatic carbocycles. The van der Waals surface area contributed by atoms with Gasteiger partial charge in [0, 0.05) is 47.2 Å². The molecular weight excluding hydrogens is 293 g/mol. The summed E-state index contributed by atoms with van der Waals surface area (Å²) in [5.41, 5.74) is 9.62. The fourth-order valence-electron chi connectivity index (χ4n) is 2.28. The van der Waals surface area contributed by atoms with Crippen LogP contribution in [0.2, 0.25) is 0 Å². The van der Waals surface area contributed by atoms with Crippen molar-refractivity contribution in [2.24, 2.45) is 0 Å². The highest BCUT2D eigenvalue weighted by Crippen LogP contribution is 2.29. The summed E-state index contributed by atoms with van der Waals surface area (Å²) in [5.74, 6) is 0.0511. The fourth-order valence-corrected chi connectivity index (χ4v) is 2.28. The number of aromatic nitrogens is 2. The molecule has 0 spiro atoms. The third-order valence-electron chi connectivity index (χ3n) is 3.55. The molecule has 0 saturated heterocycles. The number of aryl methyl sites for hydroxylation is 1. The van der Waals surface area contributed by atoms with Crippen LogP contribution in [0.15, 0.2) is 55.0 Å². The van der Waals surface area contributed by atoms with Gasteiger partial charge in [-0.05, 0) is 36.8 Å². The minimum Gasteiger partial charge on any atom is -0.489 e. The number of benzene rings is 1. The van der Waals surface area contributed by atoms with E-state index in [9.17, 15) is 4.39 Å². The SMILES string of the molecule is Cc1ncccc1COc1cc(F)cc(-c2cnccc2N)c1. The predicted molar refractivity (Wildman–Crippen MR) is 87.3 cm³/mol. The molecule has 5 heteroatoms. The van der Waals surface area contributed by atoms with E-state index in [1.54, 1.807) is 30.7 Å². The van der Waals surface area contributed by atoms with Gasteiger partial charge in [-0.15, -0.1) is 0 Å². The third kappa shape index (κ3) is 3.45. The van der Waals surface area contributed by atoms with Crippen molar-refractivity contribution in [2.75, 3.05) is 5.73 Å². The molecule has 0 saturated carbocycles. The zero-order valence-corrected chi connectivity index (χ0v) is 12.7. The minimum atomic E-state index is -0.385. The highest BCUT2D eigenvalue weighted by Gasteiger charge is 2.08. The molecule has 3 aromatic rings. The van der Waals surface area contributed by atoms with E-state index in [1.807, 2.05) is 19.1 Å². The van der Waals surface area contributed by atoms with Gasteiger partial charge in [0.2, 0.25) is 0 Å². The second-order valence-electron chi connectivity index (χ2n) is 5.18. The third-order valence-corrected chi connectivity index (χ3v) is 3.55. The molecule has 0 atom stereocenters. The van der Waals surface area contributed by atoms with Gasteiger partial charge in [0.15, 0.2) is 0 Å². The van der Waals surface area contributed by atoms with Crippen LogP contribution in [-0.2, 0) is 6.61 Å². The second-order valence-corrected chi connectivity index (χ2v) is 5.18. The average Bonchev–Trinajstić information content (AvgIpc) is 2.54. The summed E-state index contributed by atoms with van der Waals surface area (Å²) >= 11 is 0. The molecule has 0 unspecified atom stereocenters. The molecule has 0 aliphatic rings. The Morgan fingerprint density at radius 3 is 2.83 bits per heavy atom. The van der Waals surface area contributed by atoms with Gasteiger partial charge in [0.25, 0.3) is 0 Å². The molecule has 2 N–H and O–H groups in total. The highest BCUT2D eigenvalue weighted by atomic mass is 19.1. The summed E-state index contributed by atoms with van der Waals surface area (Å²) in [7, 11) is 0. The highest BCUT2D eigenvalue weighted by molar-refractivity contribution is 5.76. The zero-order valence-electron chi connectivity index (χ0n) is 12.7. The number of halogens is 1. The molecule has 4 nitrogen and oxygen atoms in total. The number of ether oxygens (including phenoxy) is 1. The summed E-state index contributed by atoms with van der Waals surface area (Å²) in [4.78, 5) is 8.24. The van der Waals surface area contributed by atoms with Crippen LogP contribution >= 0.6 is 0 Å². The van der Waals surface area contributed by atoms with Crippen molar-refractivity contribution < 1.29 is 9.13 Å². The van der Waals surface area contributed by atoms with Gasteiger partial charge in [-0.25, -0.2) is 4.39 Å². The lowest BCUT2D eigenvalue weighted by Crippen LogP contribution is -2.00. The number of hydrogen-bond acceptors (Lipinski definition) is 4. The molecule has 23 heavy (non-hydrogen) atoms. The van der Waals surface area contributed by atoms with Crippen molar-refractivity contribution in [2.45, 2.75) is 13.5 Å². The lowest BCUT2D eigenvalue weighted by Gasteiger charge is -2.11. The maximum absolute atomic E-state index is 13.9. The van der Waals surface area contributed by atoms with Crippen LogP contribution in [-0.4, -0.2) is 9.97 Å². The van der Waals surface area contributed by atoms with E-state index in [1.165, 1.54) is 12.1 Å². The molecule has 0 fully saturated rings. The molecule has 0 amide bonds. The van der Waals surface area contributed by atoms with Gasteiger partial charge in [0.05, 0.1) is 0 Å². The van der Waals surface area contributed by atoms with Crippen LogP contribution in [0.25, 0.3) is 11.1 Å². The molecule has 0 radical (unpaired) electrons. The van der Waals surface area contributed by atoms with E-state index in [2.05, 4.69) is 9.97 Å². The van der Waals surface area contributed by atoms with E-state index < -0.39 is 0 Å². The zero-order chi connectivity index (χ0) is 16.2. The first kappa shape index (κ1) is 15.0. The number of nitrogens with two attached hydrogens (primary N) is 1. The Hall–Kier alpha value is -2.95. The van der Waals surface area contributed by atoms with Crippen molar-refractivity contribution in [3.63, 3.8) is 0 Å². The molecule has 0 bridgehead atoms. The Morgan fingerprint density at radius 1 is 1.17 bits per heavy atom. The van der Waals surface area contributed by atoms with Crippen LogP contribution < -0.4 is 10.5 Å². The number of anilines is 1. The molecular formula is C18H16FN3O. The number of rotatable bonds is 4. The monoisotopic (exact) mass is 309 g/mol. The molecule has 116 valence electrons. The van der Waals surface area contributed by atoms with Gasteiger partial charge in [0.1, 0.15) is 18.2 Å². The maximum atomic E-state index is 13.9. The Bertz CT molecular complexity index is 836. The topological polar surface area (TPSA) is 61.0 Å². The first-order valence-electron chi connectivity index (χ1n) is 7.17. The predicted octanol–water partition coefficient (Wildman–Crippen LogP) is 3.75. The summed E-state index contributed by atoms with van der Waals surface area (Å²) < 4.78 is 19.6. The number of nitrogens with zero attached hydrogens (tertiary/aromatic N) is 2. The van der Waals surface area contributed by atoms with Crippen LogP contribution in [0, 0.1) is 12.7 Å². The molecule has 2 heterocycles. The van der Waals surface area contributed by atoms with E-state index in [-0.39, 0.29) is 5.82 Å². The number of pyridine rings is 2. The van der Waals surface area contributed by atoms with E-state index in [0.717, 1.165) is 11.3 Å². The molecule has 2 aromatic heterocycles. The lowest BCUT2D eigenvalue weighted by molar-refractivity contribution is 0.303. The van der Waals surface area contributed by atoms with Crippen molar-refractivity contribution in [1.29, 1.82) is 0 Å². The first-order chi connectivity index (χ1) is 11.1. The lowest BCUT2D eigenvalue weighted by atomic mass is 10.1. The van der Waals surface area contributed by atoms with Crippen molar-refractivity contribution >= 4 is 5.69 Å². The second kappa shape index (κ2) is 6.44. The number of nitrogen functional groups attached to an aromatic ring is 1. The summed E-state index contributed by atoms with van der Waals surface area (Å²) in [6.45, 7) is 2.23. The molecule has 3 rings (SSSR count). The average molecular weight is 309 g/mol. The standard InChI is InChI=1S/C18H16FN3O/c1-12-13(3-2-5-22-12)11-23-16-8-14(7-15(19)9-16)17-10-21-6-4-18(17)20/h2-10H,11H2,1H3,(H2,20,21). The van der Waals surface area contributed by atoms with Crippen LogP contribution in [0.3, 0.4) is 0 Å². The van der Waals surface area contributed by atoms with Gasteiger partial charge in [-0.1, -0.05) is 6.07 Å².